The average molecular weight is 329 g/mol. The number of fused-ring (bicyclic) bond motifs is 5. The quantitative estimate of drug-likeness (QED) is 0.448. The minimum atomic E-state index is 0.732. The summed E-state index contributed by atoms with van der Waals surface area (Å²) in [6.45, 7) is 4.25. The Kier molecular flexibility index (Phi) is 2.93. The van der Waals surface area contributed by atoms with Gasteiger partial charge in [-0.25, -0.2) is 0 Å². The molecule has 0 spiro atoms. The van der Waals surface area contributed by atoms with Crippen LogP contribution in [0.1, 0.15) is 29.3 Å². The molecule has 0 amide bonds. The van der Waals surface area contributed by atoms with E-state index in [1.807, 2.05) is 11.7 Å². The van der Waals surface area contributed by atoms with Gasteiger partial charge >= 0.3 is 0 Å². The van der Waals surface area contributed by atoms with Crippen molar-refractivity contribution in [2.24, 2.45) is 7.05 Å². The molecule has 1 aliphatic rings. The lowest BCUT2D eigenvalue weighted by molar-refractivity contribution is 0.442. The van der Waals surface area contributed by atoms with Crippen LogP contribution in [-0.4, -0.2) is 14.8 Å². The first kappa shape index (κ1) is 14.5. The molecule has 124 valence electrons. The minimum Gasteiger partial charge on any atom is -0.438 e. The first-order valence-electron chi connectivity index (χ1n) is 8.71. The Labute approximate surface area is 146 Å². The molecule has 0 atom stereocenters. The lowest BCUT2D eigenvalue weighted by Gasteiger charge is -2.23. The molecule has 0 radical (unpaired) electrons. The first-order valence-corrected chi connectivity index (χ1v) is 8.71. The molecule has 0 N–H and O–H groups in total. The highest BCUT2D eigenvalue weighted by Gasteiger charge is 2.26. The van der Waals surface area contributed by atoms with Gasteiger partial charge in [-0.2, -0.15) is 10.1 Å². The van der Waals surface area contributed by atoms with E-state index in [9.17, 15) is 0 Å². The third-order valence-electron chi connectivity index (χ3n) is 5.23. The summed E-state index contributed by atoms with van der Waals surface area (Å²) < 4.78 is 8.10. The standard InChI is InChI=1S/C21H19N3O/c1-4-14-17-11-16-15-8-6-5-7-13(15)9-10-18(16)25-21(17)22-20-19(14)12(2)23-24(20)3/h5-10H,4,11H2,1-3H3. The van der Waals surface area contributed by atoms with Crippen molar-refractivity contribution >= 4 is 21.8 Å². The molecular weight excluding hydrogens is 310 g/mol. The number of pyridine rings is 1. The Bertz CT molecular complexity index is 1160. The molecular formula is C21H19N3O. The van der Waals surface area contributed by atoms with Crippen LogP contribution in [0.15, 0.2) is 36.4 Å². The van der Waals surface area contributed by atoms with E-state index in [2.05, 4.69) is 55.3 Å². The van der Waals surface area contributed by atoms with E-state index in [4.69, 9.17) is 9.72 Å². The summed E-state index contributed by atoms with van der Waals surface area (Å²) in [5.74, 6) is 1.65. The molecule has 2 aromatic carbocycles. The number of nitrogens with zero attached hydrogens (tertiary/aromatic N) is 3. The van der Waals surface area contributed by atoms with Gasteiger partial charge in [-0.05, 0) is 35.7 Å². The summed E-state index contributed by atoms with van der Waals surface area (Å²) >= 11 is 0. The van der Waals surface area contributed by atoms with Crippen molar-refractivity contribution in [3.05, 3.63) is 58.8 Å². The van der Waals surface area contributed by atoms with Crippen LogP contribution < -0.4 is 4.74 Å². The topological polar surface area (TPSA) is 39.9 Å². The number of aryl methyl sites for hydroxylation is 3. The van der Waals surface area contributed by atoms with E-state index in [0.29, 0.717) is 0 Å². The third-order valence-corrected chi connectivity index (χ3v) is 5.23. The van der Waals surface area contributed by atoms with E-state index in [1.165, 1.54) is 32.8 Å². The first-order chi connectivity index (χ1) is 12.2. The van der Waals surface area contributed by atoms with Crippen LogP contribution in [-0.2, 0) is 19.9 Å². The van der Waals surface area contributed by atoms with E-state index in [0.717, 1.165) is 35.8 Å². The highest BCUT2D eigenvalue weighted by Crippen LogP contribution is 2.42. The Morgan fingerprint density at radius 3 is 2.80 bits per heavy atom. The van der Waals surface area contributed by atoms with Crippen LogP contribution in [0.4, 0.5) is 0 Å². The van der Waals surface area contributed by atoms with Gasteiger partial charge in [0.1, 0.15) is 5.75 Å². The zero-order valence-corrected chi connectivity index (χ0v) is 14.6. The average Bonchev–Trinajstić information content (AvgIpc) is 2.92. The van der Waals surface area contributed by atoms with Gasteiger partial charge in [-0.15, -0.1) is 0 Å². The van der Waals surface area contributed by atoms with Gasteiger partial charge in [0.05, 0.1) is 5.69 Å². The second kappa shape index (κ2) is 5.06. The van der Waals surface area contributed by atoms with Crippen molar-refractivity contribution in [3.8, 4) is 11.6 Å². The van der Waals surface area contributed by atoms with Crippen LogP contribution in [0.3, 0.4) is 0 Å². The lowest BCUT2D eigenvalue weighted by Crippen LogP contribution is -2.09. The molecule has 2 aromatic heterocycles. The predicted octanol–water partition coefficient (Wildman–Crippen LogP) is 4.69. The maximum atomic E-state index is 6.25. The molecule has 4 nitrogen and oxygen atoms in total. The Balaban J connectivity index is 1.81. The monoisotopic (exact) mass is 329 g/mol. The van der Waals surface area contributed by atoms with Gasteiger partial charge in [-0.3, -0.25) is 4.68 Å². The molecule has 3 heterocycles. The van der Waals surface area contributed by atoms with Crippen LogP contribution in [0, 0.1) is 6.92 Å². The molecule has 25 heavy (non-hydrogen) atoms. The number of ether oxygens (including phenoxy) is 1. The third kappa shape index (κ3) is 1.94. The van der Waals surface area contributed by atoms with Crippen molar-refractivity contribution in [1.29, 1.82) is 0 Å². The van der Waals surface area contributed by atoms with Gasteiger partial charge in [0.15, 0.2) is 5.65 Å². The SMILES string of the molecule is CCc1c2c(nc3c1c(C)nn3C)Oc1ccc3ccccc3c1C2. The zero-order chi connectivity index (χ0) is 17.1. The number of benzene rings is 2. The van der Waals surface area contributed by atoms with Gasteiger partial charge in [0, 0.05) is 30.0 Å². The minimum absolute atomic E-state index is 0.732. The fraction of sp³-hybridized carbons (Fsp3) is 0.238. The smallest absolute Gasteiger partial charge is 0.225 e. The Hall–Kier alpha value is -2.88. The van der Waals surface area contributed by atoms with Crippen molar-refractivity contribution < 1.29 is 4.74 Å². The second-order valence-corrected chi connectivity index (χ2v) is 6.68. The molecule has 0 bridgehead atoms. The molecule has 4 aromatic rings. The maximum Gasteiger partial charge on any atom is 0.225 e. The summed E-state index contributed by atoms with van der Waals surface area (Å²) in [6, 6.07) is 12.7. The largest absolute Gasteiger partial charge is 0.438 e. The van der Waals surface area contributed by atoms with E-state index in [1.54, 1.807) is 0 Å². The van der Waals surface area contributed by atoms with Crippen molar-refractivity contribution in [1.82, 2.24) is 14.8 Å². The van der Waals surface area contributed by atoms with Crippen molar-refractivity contribution in [2.45, 2.75) is 26.7 Å². The molecule has 0 saturated heterocycles. The Morgan fingerprint density at radius 1 is 1.12 bits per heavy atom. The van der Waals surface area contributed by atoms with Gasteiger partial charge in [0.2, 0.25) is 5.88 Å². The fourth-order valence-electron chi connectivity index (χ4n) is 4.10. The van der Waals surface area contributed by atoms with Crippen molar-refractivity contribution in [3.63, 3.8) is 0 Å². The number of hydrogen-bond acceptors (Lipinski definition) is 3. The number of aromatic nitrogens is 3. The fourth-order valence-corrected chi connectivity index (χ4v) is 4.10. The van der Waals surface area contributed by atoms with Crippen LogP contribution in [0.2, 0.25) is 0 Å². The van der Waals surface area contributed by atoms with E-state index < -0.39 is 0 Å². The van der Waals surface area contributed by atoms with Crippen LogP contribution >= 0.6 is 0 Å². The Morgan fingerprint density at radius 2 is 1.96 bits per heavy atom. The summed E-state index contributed by atoms with van der Waals surface area (Å²) in [5.41, 5.74) is 5.70. The maximum absolute atomic E-state index is 6.25. The molecule has 0 fully saturated rings. The molecule has 0 aliphatic carbocycles. The molecule has 4 heteroatoms. The van der Waals surface area contributed by atoms with Crippen LogP contribution in [0.25, 0.3) is 21.8 Å². The highest BCUT2D eigenvalue weighted by molar-refractivity contribution is 5.90. The normalized spacial score (nSPS) is 12.9. The number of hydrogen-bond donors (Lipinski definition) is 0. The molecule has 0 saturated carbocycles. The molecule has 0 unspecified atom stereocenters. The predicted molar refractivity (Wildman–Crippen MR) is 99.5 cm³/mol. The van der Waals surface area contributed by atoms with E-state index >= 15 is 0 Å². The molecule has 1 aliphatic heterocycles. The van der Waals surface area contributed by atoms with Crippen molar-refractivity contribution in [2.75, 3.05) is 0 Å². The lowest BCUT2D eigenvalue weighted by atomic mass is 9.91. The summed E-state index contributed by atoms with van der Waals surface area (Å²) in [5, 5.41) is 8.25. The van der Waals surface area contributed by atoms with Crippen LogP contribution in [0.5, 0.6) is 11.6 Å². The van der Waals surface area contributed by atoms with Gasteiger partial charge < -0.3 is 4.74 Å². The van der Waals surface area contributed by atoms with Gasteiger partial charge in [-0.1, -0.05) is 37.3 Å². The molecule has 5 rings (SSSR count). The highest BCUT2D eigenvalue weighted by atomic mass is 16.5. The summed E-state index contributed by atoms with van der Waals surface area (Å²) in [7, 11) is 1.94. The second-order valence-electron chi connectivity index (χ2n) is 6.68. The zero-order valence-electron chi connectivity index (χ0n) is 14.6. The number of rotatable bonds is 1. The van der Waals surface area contributed by atoms with E-state index in [-0.39, 0.29) is 0 Å². The summed E-state index contributed by atoms with van der Waals surface area (Å²) in [6.07, 6.45) is 1.80. The van der Waals surface area contributed by atoms with Gasteiger partial charge in [0.25, 0.3) is 0 Å². The summed E-state index contributed by atoms with van der Waals surface area (Å²) in [4.78, 5) is 4.80.